The lowest BCUT2D eigenvalue weighted by Crippen LogP contribution is -2.22. The maximum absolute atomic E-state index is 11.7. The maximum atomic E-state index is 11.7. The summed E-state index contributed by atoms with van der Waals surface area (Å²) >= 11 is 0. The summed E-state index contributed by atoms with van der Waals surface area (Å²) in [6.45, 7) is 0.609. The molecule has 2 N–H and O–H groups in total. The number of hydrogen-bond donors (Lipinski definition) is 2. The molecule has 2 aromatic carbocycles. The molecule has 7 nitrogen and oxygen atoms in total. The van der Waals surface area contributed by atoms with Crippen LogP contribution in [0.1, 0.15) is 41.2 Å². The van der Waals surface area contributed by atoms with Gasteiger partial charge in [0.25, 0.3) is 0 Å². The molecule has 0 spiro atoms. The Labute approximate surface area is 212 Å². The number of fused-ring (bicyclic) bond motifs is 1. The number of aliphatic carboxylic acids is 1. The molecule has 0 saturated carbocycles. The van der Waals surface area contributed by atoms with E-state index in [1.54, 1.807) is 21.3 Å². The normalized spacial score (nSPS) is 14.8. The fourth-order valence-electron chi connectivity index (χ4n) is 5.37. The number of aryl methyl sites for hydroxylation is 1. The molecule has 3 aromatic rings. The predicted molar refractivity (Wildman–Crippen MR) is 137 cm³/mol. The van der Waals surface area contributed by atoms with Gasteiger partial charge in [0.1, 0.15) is 0 Å². The zero-order chi connectivity index (χ0) is 25.7. The molecule has 1 heterocycles. The Hall–Kier alpha value is -3.45. The van der Waals surface area contributed by atoms with Crippen LogP contribution in [0.2, 0.25) is 0 Å². The number of ether oxygens (including phenoxy) is 3. The summed E-state index contributed by atoms with van der Waals surface area (Å²) in [5.74, 6) is 1.06. The molecule has 1 aromatic heterocycles. The molecule has 2 atom stereocenters. The highest BCUT2D eigenvalue weighted by molar-refractivity contribution is 5.67. The van der Waals surface area contributed by atoms with Gasteiger partial charge >= 0.3 is 5.97 Å². The van der Waals surface area contributed by atoms with Gasteiger partial charge in [0.15, 0.2) is 11.5 Å². The summed E-state index contributed by atoms with van der Waals surface area (Å²) in [5.41, 5.74) is 4.47. The van der Waals surface area contributed by atoms with Crippen LogP contribution in [0.4, 0.5) is 0 Å². The third-order valence-electron chi connectivity index (χ3n) is 7.13. The lowest BCUT2D eigenvalue weighted by molar-refractivity contribution is -0.136. The molecule has 1 aliphatic carbocycles. The molecule has 0 amide bonds. The molecule has 0 aliphatic heterocycles. The highest BCUT2D eigenvalue weighted by Crippen LogP contribution is 2.42. The zero-order valence-electron chi connectivity index (χ0n) is 21.1. The monoisotopic (exact) mass is 493 g/mol. The van der Waals surface area contributed by atoms with E-state index in [0.29, 0.717) is 41.7 Å². The van der Waals surface area contributed by atoms with Gasteiger partial charge in [-0.15, -0.1) is 0 Å². The van der Waals surface area contributed by atoms with Crippen molar-refractivity contribution in [1.29, 1.82) is 0 Å². The second-order valence-electron chi connectivity index (χ2n) is 9.55. The van der Waals surface area contributed by atoms with Crippen molar-refractivity contribution in [2.45, 2.75) is 44.8 Å². The van der Waals surface area contributed by atoms with Gasteiger partial charge in [-0.1, -0.05) is 24.3 Å². The Morgan fingerprint density at radius 2 is 1.67 bits per heavy atom. The van der Waals surface area contributed by atoms with Crippen LogP contribution in [0.3, 0.4) is 0 Å². The average Bonchev–Trinajstić information content (AvgIpc) is 3.51. The molecule has 36 heavy (non-hydrogen) atoms. The number of aliphatic hydroxyl groups is 1. The first-order chi connectivity index (χ1) is 17.4. The standard InChI is InChI=1S/C29H35NO6/c1-34-25-15-23(16-26(35-2)29(25)36-3)28(33)24(14-20-12-21-6-4-5-7-22(21)13-20)18-30-11-10-19(17-30)8-9-27(31)32/h4-7,10-11,15-17,20,24,28,33H,8-9,12-14,18H2,1-3H3,(H,31,32)/t24-,28+/m0/s1. The van der Waals surface area contributed by atoms with Crippen LogP contribution in [0.25, 0.3) is 0 Å². The second kappa shape index (κ2) is 11.5. The molecule has 0 unspecified atom stereocenters. The van der Waals surface area contributed by atoms with Gasteiger partial charge in [-0.3, -0.25) is 4.79 Å². The Morgan fingerprint density at radius 1 is 1.03 bits per heavy atom. The summed E-state index contributed by atoms with van der Waals surface area (Å²) in [6, 6.07) is 14.1. The van der Waals surface area contributed by atoms with E-state index in [1.807, 2.05) is 30.6 Å². The number of hydrogen-bond acceptors (Lipinski definition) is 5. The molecule has 0 fully saturated rings. The number of aromatic nitrogens is 1. The fourth-order valence-corrected chi connectivity index (χ4v) is 5.37. The maximum Gasteiger partial charge on any atom is 0.303 e. The van der Waals surface area contributed by atoms with Gasteiger partial charge in [0, 0.05) is 31.3 Å². The molecular weight excluding hydrogens is 458 g/mol. The quantitative estimate of drug-likeness (QED) is 0.381. The van der Waals surface area contributed by atoms with Crippen molar-refractivity contribution in [3.05, 3.63) is 77.1 Å². The summed E-state index contributed by atoms with van der Waals surface area (Å²) in [5, 5.41) is 20.7. The van der Waals surface area contributed by atoms with Gasteiger partial charge in [-0.2, -0.15) is 0 Å². The van der Waals surface area contributed by atoms with E-state index in [-0.39, 0.29) is 12.3 Å². The first-order valence-corrected chi connectivity index (χ1v) is 12.3. The zero-order valence-corrected chi connectivity index (χ0v) is 21.1. The molecule has 0 saturated heterocycles. The highest BCUT2D eigenvalue weighted by Gasteiger charge is 2.30. The van der Waals surface area contributed by atoms with Crippen molar-refractivity contribution < 1.29 is 29.2 Å². The van der Waals surface area contributed by atoms with Crippen LogP contribution in [-0.4, -0.2) is 42.1 Å². The topological polar surface area (TPSA) is 90.2 Å². The molecule has 1 aliphatic rings. The molecule has 7 heteroatoms. The number of carboxylic acid groups (broad SMARTS) is 1. The summed E-state index contributed by atoms with van der Waals surface area (Å²) in [6.07, 6.45) is 6.63. The Balaban J connectivity index is 1.59. The van der Waals surface area contributed by atoms with Gasteiger partial charge in [0.2, 0.25) is 5.75 Å². The molecule has 192 valence electrons. The number of benzene rings is 2. The lowest BCUT2D eigenvalue weighted by atomic mass is 9.85. The van der Waals surface area contributed by atoms with Crippen molar-refractivity contribution >= 4 is 5.97 Å². The number of carbonyl (C=O) groups is 1. The van der Waals surface area contributed by atoms with Crippen molar-refractivity contribution in [3.8, 4) is 17.2 Å². The number of nitrogens with zero attached hydrogens (tertiary/aromatic N) is 1. The second-order valence-corrected chi connectivity index (χ2v) is 9.55. The third-order valence-corrected chi connectivity index (χ3v) is 7.13. The summed E-state index contributed by atoms with van der Waals surface area (Å²) in [4.78, 5) is 11.0. The van der Waals surface area contributed by atoms with Gasteiger partial charge < -0.3 is 29.0 Å². The van der Waals surface area contributed by atoms with Gasteiger partial charge in [0.05, 0.1) is 27.4 Å². The minimum absolute atomic E-state index is 0.0770. The summed E-state index contributed by atoms with van der Waals surface area (Å²) < 4.78 is 18.6. The van der Waals surface area contributed by atoms with Crippen LogP contribution in [0.5, 0.6) is 17.2 Å². The first-order valence-electron chi connectivity index (χ1n) is 12.3. The Kier molecular flexibility index (Phi) is 8.21. The number of rotatable bonds is 12. The lowest BCUT2D eigenvalue weighted by Gasteiger charge is -2.27. The predicted octanol–water partition coefficient (Wildman–Crippen LogP) is 4.69. The highest BCUT2D eigenvalue weighted by atomic mass is 16.5. The first kappa shape index (κ1) is 25.6. The van der Waals surface area contributed by atoms with Crippen LogP contribution < -0.4 is 14.2 Å². The van der Waals surface area contributed by atoms with E-state index in [9.17, 15) is 9.90 Å². The largest absolute Gasteiger partial charge is 0.493 e. The average molecular weight is 494 g/mol. The van der Waals surface area contributed by atoms with E-state index in [1.165, 1.54) is 11.1 Å². The van der Waals surface area contributed by atoms with E-state index < -0.39 is 12.1 Å². The SMILES string of the molecule is COc1cc([C@@H](O)[C@@H](CC2Cc3ccccc3C2)Cn2ccc(CCC(=O)O)c2)cc(OC)c1OC. The minimum Gasteiger partial charge on any atom is -0.493 e. The number of methoxy groups -OCH3 is 3. The van der Waals surface area contributed by atoms with Crippen LogP contribution in [-0.2, 0) is 30.6 Å². The Bertz CT molecular complexity index is 1140. The number of aliphatic hydroxyl groups excluding tert-OH is 1. The molecule has 4 rings (SSSR count). The number of carboxylic acids is 1. The van der Waals surface area contributed by atoms with Crippen molar-refractivity contribution in [3.63, 3.8) is 0 Å². The van der Waals surface area contributed by atoms with Crippen LogP contribution in [0, 0.1) is 11.8 Å². The molecular formula is C29H35NO6. The van der Waals surface area contributed by atoms with E-state index in [4.69, 9.17) is 19.3 Å². The van der Waals surface area contributed by atoms with Gasteiger partial charge in [-0.25, -0.2) is 0 Å². The van der Waals surface area contributed by atoms with Crippen molar-refractivity contribution in [2.75, 3.05) is 21.3 Å². The van der Waals surface area contributed by atoms with Gasteiger partial charge in [-0.05, 0) is 72.1 Å². The fraction of sp³-hybridized carbons (Fsp3) is 0.414. The Morgan fingerprint density at radius 3 is 2.22 bits per heavy atom. The van der Waals surface area contributed by atoms with E-state index in [2.05, 4.69) is 28.8 Å². The minimum atomic E-state index is -0.806. The summed E-state index contributed by atoms with van der Waals surface area (Å²) in [7, 11) is 4.70. The smallest absolute Gasteiger partial charge is 0.303 e. The van der Waals surface area contributed by atoms with Crippen LogP contribution in [0.15, 0.2) is 54.9 Å². The van der Waals surface area contributed by atoms with E-state index in [0.717, 1.165) is 24.8 Å². The van der Waals surface area contributed by atoms with Crippen molar-refractivity contribution in [2.24, 2.45) is 11.8 Å². The third kappa shape index (κ3) is 5.85. The van der Waals surface area contributed by atoms with Crippen molar-refractivity contribution in [1.82, 2.24) is 4.57 Å². The van der Waals surface area contributed by atoms with E-state index >= 15 is 0 Å². The molecule has 0 bridgehead atoms. The van der Waals surface area contributed by atoms with Crippen LogP contribution >= 0.6 is 0 Å². The molecule has 0 radical (unpaired) electrons.